The lowest BCUT2D eigenvalue weighted by Crippen LogP contribution is -2.44. The highest BCUT2D eigenvalue weighted by Gasteiger charge is 2.28. The van der Waals surface area contributed by atoms with Crippen LogP contribution < -0.4 is 5.73 Å². The topological polar surface area (TPSA) is 66.6 Å². The van der Waals surface area contributed by atoms with Crippen LogP contribution in [0.5, 0.6) is 0 Å². The van der Waals surface area contributed by atoms with E-state index in [9.17, 15) is 9.90 Å². The third-order valence-electron chi connectivity index (χ3n) is 4.56. The van der Waals surface area contributed by atoms with E-state index in [4.69, 9.17) is 17.3 Å². The van der Waals surface area contributed by atoms with Crippen molar-refractivity contribution in [1.82, 2.24) is 4.90 Å². The number of nitrogens with two attached hydrogens (primary N) is 1. The lowest BCUT2D eigenvalue weighted by molar-refractivity contribution is -0.138. The van der Waals surface area contributed by atoms with Gasteiger partial charge in [0.25, 0.3) is 0 Å². The van der Waals surface area contributed by atoms with Crippen LogP contribution in [0.1, 0.15) is 24.2 Å². The molecule has 5 heteroatoms. The summed E-state index contributed by atoms with van der Waals surface area (Å²) in [5, 5.41) is 11.2. The zero-order valence-electron chi connectivity index (χ0n) is 14.6. The molecule has 0 heterocycles. The zero-order valence-corrected chi connectivity index (χ0v) is 15.4. The molecule has 134 valence electrons. The first-order chi connectivity index (χ1) is 11.9. The first-order valence-corrected chi connectivity index (χ1v) is 8.76. The van der Waals surface area contributed by atoms with Crippen molar-refractivity contribution in [2.24, 2.45) is 11.7 Å². The number of rotatable bonds is 7. The molecule has 0 aliphatic heterocycles. The van der Waals surface area contributed by atoms with Gasteiger partial charge in [-0.05, 0) is 36.6 Å². The number of hydrogen-bond acceptors (Lipinski definition) is 3. The fourth-order valence-corrected chi connectivity index (χ4v) is 3.06. The Morgan fingerprint density at radius 3 is 2.48 bits per heavy atom. The average Bonchev–Trinajstić information content (AvgIpc) is 2.64. The number of hydrogen-bond donors (Lipinski definition) is 2. The lowest BCUT2D eigenvalue weighted by atomic mass is 9.96. The molecule has 0 saturated heterocycles. The van der Waals surface area contributed by atoms with Gasteiger partial charge in [-0.2, -0.15) is 0 Å². The normalized spacial score (nSPS) is 14.6. The van der Waals surface area contributed by atoms with Gasteiger partial charge in [0, 0.05) is 18.6 Å². The van der Waals surface area contributed by atoms with Crippen LogP contribution in [-0.4, -0.2) is 35.5 Å². The molecule has 2 aromatic carbocycles. The summed E-state index contributed by atoms with van der Waals surface area (Å²) in [6.07, 6.45) is -0.228. The van der Waals surface area contributed by atoms with E-state index in [0.717, 1.165) is 11.1 Å². The number of benzene rings is 2. The minimum Gasteiger partial charge on any atom is -0.386 e. The molecule has 0 aliphatic carbocycles. The van der Waals surface area contributed by atoms with Crippen LogP contribution in [0.2, 0.25) is 5.02 Å². The van der Waals surface area contributed by atoms with Crippen molar-refractivity contribution in [3.05, 3.63) is 70.7 Å². The quantitative estimate of drug-likeness (QED) is 0.797. The third-order valence-corrected chi connectivity index (χ3v) is 4.80. The first-order valence-electron chi connectivity index (χ1n) is 8.38. The number of halogens is 1. The minimum absolute atomic E-state index is 0.0787. The van der Waals surface area contributed by atoms with Gasteiger partial charge in [0.2, 0.25) is 5.91 Å². The average molecular weight is 361 g/mol. The van der Waals surface area contributed by atoms with Gasteiger partial charge in [-0.1, -0.05) is 54.1 Å². The highest BCUT2D eigenvalue weighted by molar-refractivity contribution is 6.30. The van der Waals surface area contributed by atoms with E-state index in [1.165, 1.54) is 0 Å². The van der Waals surface area contributed by atoms with Gasteiger partial charge in [0.05, 0.1) is 18.1 Å². The maximum Gasteiger partial charge on any atom is 0.227 e. The number of carbonyl (C=O) groups excluding carboxylic acids is 1. The van der Waals surface area contributed by atoms with Crippen LogP contribution in [-0.2, 0) is 11.2 Å². The number of aliphatic hydroxyl groups excluding tert-OH is 1. The standard InChI is InChI=1S/C20H25ClN2O2/c1-14(19(24)16-8-4-3-5-9-16)23(2)20(25)17(13-22)11-15-7-6-10-18(21)12-15/h3-10,12,14,17,19,24H,11,13,22H2,1-2H3/t14-,17-,19+/m0/s1. The lowest BCUT2D eigenvalue weighted by Gasteiger charge is -2.32. The smallest absolute Gasteiger partial charge is 0.227 e. The predicted octanol–water partition coefficient (Wildman–Crippen LogP) is 3.04. The van der Waals surface area contributed by atoms with E-state index in [1.807, 2.05) is 55.5 Å². The molecule has 25 heavy (non-hydrogen) atoms. The summed E-state index contributed by atoms with van der Waals surface area (Å²) in [6, 6.07) is 16.4. The SMILES string of the molecule is C[C@@H]([C@@H](O)c1ccccc1)N(C)C(=O)[C@H](CN)Cc1cccc(Cl)c1. The minimum atomic E-state index is -0.750. The number of likely N-dealkylation sites (N-methyl/N-ethyl adjacent to an activating group) is 1. The zero-order chi connectivity index (χ0) is 18.4. The first kappa shape index (κ1) is 19.4. The van der Waals surface area contributed by atoms with Gasteiger partial charge in [-0.3, -0.25) is 4.79 Å². The van der Waals surface area contributed by atoms with Crippen LogP contribution >= 0.6 is 11.6 Å². The van der Waals surface area contributed by atoms with E-state index in [-0.39, 0.29) is 24.4 Å². The van der Waals surface area contributed by atoms with Gasteiger partial charge in [0.15, 0.2) is 0 Å². The van der Waals surface area contributed by atoms with Crippen LogP contribution in [0.15, 0.2) is 54.6 Å². The Balaban J connectivity index is 2.08. The van der Waals surface area contributed by atoms with Crippen molar-refractivity contribution in [3.8, 4) is 0 Å². The number of amides is 1. The van der Waals surface area contributed by atoms with Crippen molar-refractivity contribution in [2.45, 2.75) is 25.5 Å². The molecule has 0 radical (unpaired) electrons. The summed E-state index contributed by atoms with van der Waals surface area (Å²) in [5.41, 5.74) is 7.60. The highest BCUT2D eigenvalue weighted by atomic mass is 35.5. The Morgan fingerprint density at radius 1 is 1.20 bits per heavy atom. The number of nitrogens with zero attached hydrogens (tertiary/aromatic N) is 1. The molecule has 3 atom stereocenters. The second-order valence-corrected chi connectivity index (χ2v) is 6.75. The summed E-state index contributed by atoms with van der Waals surface area (Å²) in [5.74, 6) is -0.432. The summed E-state index contributed by atoms with van der Waals surface area (Å²) in [4.78, 5) is 14.4. The van der Waals surface area contributed by atoms with Gasteiger partial charge in [0.1, 0.15) is 0 Å². The van der Waals surface area contributed by atoms with E-state index in [0.29, 0.717) is 11.4 Å². The molecule has 0 aliphatic rings. The molecule has 2 aromatic rings. The summed E-state index contributed by atoms with van der Waals surface area (Å²) >= 11 is 6.01. The molecular weight excluding hydrogens is 336 g/mol. The van der Waals surface area contributed by atoms with Gasteiger partial charge in [-0.15, -0.1) is 0 Å². The Hall–Kier alpha value is -1.88. The maximum atomic E-state index is 12.8. The molecular formula is C20H25ClN2O2. The summed E-state index contributed by atoms with van der Waals surface area (Å²) < 4.78 is 0. The molecule has 4 nitrogen and oxygen atoms in total. The molecule has 1 amide bonds. The van der Waals surface area contributed by atoms with Gasteiger partial charge >= 0.3 is 0 Å². The van der Waals surface area contributed by atoms with Crippen molar-refractivity contribution >= 4 is 17.5 Å². The fraction of sp³-hybridized carbons (Fsp3) is 0.350. The van der Waals surface area contributed by atoms with Crippen LogP contribution in [0, 0.1) is 5.92 Å². The second-order valence-electron chi connectivity index (χ2n) is 6.31. The molecule has 0 bridgehead atoms. The molecule has 3 N–H and O–H groups in total. The van der Waals surface area contributed by atoms with Crippen molar-refractivity contribution in [2.75, 3.05) is 13.6 Å². The molecule has 2 rings (SSSR count). The van der Waals surface area contributed by atoms with E-state index >= 15 is 0 Å². The van der Waals surface area contributed by atoms with Crippen LogP contribution in [0.25, 0.3) is 0 Å². The Bertz CT molecular complexity index is 693. The third kappa shape index (κ3) is 5.05. The molecule has 0 fully saturated rings. The summed E-state index contributed by atoms with van der Waals surface area (Å²) in [7, 11) is 1.71. The van der Waals surface area contributed by atoms with Crippen molar-refractivity contribution in [1.29, 1.82) is 0 Å². The largest absolute Gasteiger partial charge is 0.386 e. The van der Waals surface area contributed by atoms with Crippen LogP contribution in [0.3, 0.4) is 0 Å². The summed E-state index contributed by atoms with van der Waals surface area (Å²) in [6.45, 7) is 2.08. The van der Waals surface area contributed by atoms with E-state index in [1.54, 1.807) is 18.0 Å². The van der Waals surface area contributed by atoms with E-state index < -0.39 is 6.10 Å². The monoisotopic (exact) mass is 360 g/mol. The van der Waals surface area contributed by atoms with Gasteiger partial charge < -0.3 is 15.7 Å². The number of aliphatic hydroxyl groups is 1. The van der Waals surface area contributed by atoms with E-state index in [2.05, 4.69) is 0 Å². The van der Waals surface area contributed by atoms with Crippen molar-refractivity contribution in [3.63, 3.8) is 0 Å². The molecule has 0 spiro atoms. The highest BCUT2D eigenvalue weighted by Crippen LogP contribution is 2.22. The van der Waals surface area contributed by atoms with Crippen LogP contribution in [0.4, 0.5) is 0 Å². The van der Waals surface area contributed by atoms with Crippen molar-refractivity contribution < 1.29 is 9.90 Å². The molecule has 0 saturated carbocycles. The Kier molecular flexibility index (Phi) is 7.00. The Morgan fingerprint density at radius 2 is 1.88 bits per heavy atom. The molecule has 0 unspecified atom stereocenters. The van der Waals surface area contributed by atoms with Gasteiger partial charge in [-0.25, -0.2) is 0 Å². The maximum absolute atomic E-state index is 12.8. The second kappa shape index (κ2) is 8.99. The number of carbonyl (C=O) groups is 1. The fourth-order valence-electron chi connectivity index (χ4n) is 2.85. The predicted molar refractivity (Wildman–Crippen MR) is 101 cm³/mol. The Labute approximate surface area is 154 Å². The molecule has 0 aromatic heterocycles.